The van der Waals surface area contributed by atoms with Crippen LogP contribution in [0, 0.1) is 5.95 Å². The Balaban J connectivity index is 2.48. The van der Waals surface area contributed by atoms with Crippen molar-refractivity contribution in [1.82, 2.24) is 4.98 Å². The normalized spacial score (nSPS) is 12.9. The van der Waals surface area contributed by atoms with Crippen LogP contribution >= 0.6 is 0 Å². The molecule has 1 heterocycles. The maximum atomic E-state index is 12.3. The molecule has 2 nitrogen and oxygen atoms in total. The van der Waals surface area contributed by atoms with Crippen molar-refractivity contribution in [1.29, 1.82) is 0 Å². The number of halogens is 1. The van der Waals surface area contributed by atoms with Crippen LogP contribution < -0.4 is 0 Å². The average Bonchev–Trinajstić information content (AvgIpc) is 2.03. The molecule has 0 saturated carbocycles. The van der Waals surface area contributed by atoms with E-state index in [1.165, 1.54) is 12.3 Å². The first-order valence-electron chi connectivity index (χ1n) is 3.97. The monoisotopic (exact) mass is 169 g/mol. The van der Waals surface area contributed by atoms with E-state index in [-0.39, 0.29) is 6.10 Å². The summed E-state index contributed by atoms with van der Waals surface area (Å²) >= 11 is 0. The molecule has 0 aromatic carbocycles. The van der Waals surface area contributed by atoms with Gasteiger partial charge < -0.3 is 5.11 Å². The summed E-state index contributed by atoms with van der Waals surface area (Å²) in [5.41, 5.74) is 0.956. The summed E-state index contributed by atoms with van der Waals surface area (Å²) in [6.07, 6.45) is 2.62. The van der Waals surface area contributed by atoms with Crippen LogP contribution in [0.25, 0.3) is 0 Å². The lowest BCUT2D eigenvalue weighted by Gasteiger charge is -2.02. The molecule has 66 valence electrons. The predicted molar refractivity (Wildman–Crippen MR) is 44.2 cm³/mol. The van der Waals surface area contributed by atoms with Gasteiger partial charge in [-0.3, -0.25) is 0 Å². The molecule has 0 amide bonds. The molecule has 0 aliphatic carbocycles. The molecule has 0 aliphatic rings. The maximum absolute atomic E-state index is 12.3. The molecule has 0 fully saturated rings. The fraction of sp³-hybridized carbons (Fsp3) is 0.444. The molecule has 0 bridgehead atoms. The van der Waals surface area contributed by atoms with Crippen LogP contribution in [0.5, 0.6) is 0 Å². The van der Waals surface area contributed by atoms with Crippen LogP contribution in [-0.4, -0.2) is 16.2 Å². The zero-order valence-electron chi connectivity index (χ0n) is 7.00. The summed E-state index contributed by atoms with van der Waals surface area (Å²) in [7, 11) is 0. The van der Waals surface area contributed by atoms with Crippen molar-refractivity contribution in [2.45, 2.75) is 25.9 Å². The van der Waals surface area contributed by atoms with Crippen molar-refractivity contribution >= 4 is 0 Å². The van der Waals surface area contributed by atoms with Gasteiger partial charge in [0.15, 0.2) is 0 Å². The number of rotatable bonds is 3. The molecule has 1 aromatic heterocycles. The Morgan fingerprint density at radius 2 is 2.33 bits per heavy atom. The number of pyridine rings is 1. The summed E-state index contributed by atoms with van der Waals surface area (Å²) in [6.45, 7) is 1.73. The highest BCUT2D eigenvalue weighted by molar-refractivity contribution is 5.09. The molecule has 0 spiro atoms. The molecule has 1 rings (SSSR count). The summed E-state index contributed by atoms with van der Waals surface area (Å²) in [4.78, 5) is 3.51. The van der Waals surface area contributed by atoms with Gasteiger partial charge in [0.25, 0.3) is 0 Å². The number of aliphatic hydroxyl groups excluding tert-OH is 1. The van der Waals surface area contributed by atoms with E-state index in [1.807, 2.05) is 0 Å². The third-order valence-corrected chi connectivity index (χ3v) is 1.64. The quantitative estimate of drug-likeness (QED) is 0.696. The molecule has 0 unspecified atom stereocenters. The Hall–Kier alpha value is -0.960. The van der Waals surface area contributed by atoms with Gasteiger partial charge in [0.05, 0.1) is 6.10 Å². The highest BCUT2D eigenvalue weighted by Crippen LogP contribution is 2.04. The van der Waals surface area contributed by atoms with Crippen LogP contribution in [0.3, 0.4) is 0 Å². The van der Waals surface area contributed by atoms with E-state index in [1.54, 1.807) is 13.0 Å². The van der Waals surface area contributed by atoms with Crippen LogP contribution in [0.2, 0.25) is 0 Å². The summed E-state index contributed by atoms with van der Waals surface area (Å²) in [6, 6.07) is 3.02. The number of hydrogen-bond donors (Lipinski definition) is 1. The molecular weight excluding hydrogens is 157 g/mol. The van der Waals surface area contributed by atoms with E-state index >= 15 is 0 Å². The zero-order valence-corrected chi connectivity index (χ0v) is 7.00. The zero-order chi connectivity index (χ0) is 8.97. The molecule has 3 heteroatoms. The van der Waals surface area contributed by atoms with Crippen molar-refractivity contribution in [2.24, 2.45) is 0 Å². The standard InChI is InChI=1S/C9H12FNO/c1-7(12)2-3-8-4-5-9(10)11-6-8/h4-7,12H,2-3H2,1H3/t7-/m0/s1. The van der Waals surface area contributed by atoms with Crippen LogP contribution in [-0.2, 0) is 6.42 Å². The number of hydrogen-bond acceptors (Lipinski definition) is 2. The van der Waals surface area contributed by atoms with Gasteiger partial charge >= 0.3 is 0 Å². The van der Waals surface area contributed by atoms with Gasteiger partial charge in [-0.1, -0.05) is 6.07 Å². The third kappa shape index (κ3) is 2.96. The smallest absolute Gasteiger partial charge is 0.212 e. The first-order chi connectivity index (χ1) is 5.68. The molecule has 12 heavy (non-hydrogen) atoms. The van der Waals surface area contributed by atoms with Gasteiger partial charge in [0, 0.05) is 6.20 Å². The second-order valence-electron chi connectivity index (χ2n) is 2.88. The second-order valence-corrected chi connectivity index (χ2v) is 2.88. The first-order valence-corrected chi connectivity index (χ1v) is 3.97. The van der Waals surface area contributed by atoms with E-state index < -0.39 is 5.95 Å². The van der Waals surface area contributed by atoms with E-state index in [0.29, 0.717) is 6.42 Å². The number of aryl methyl sites for hydroxylation is 1. The van der Waals surface area contributed by atoms with Crippen molar-refractivity contribution in [2.75, 3.05) is 0 Å². The topological polar surface area (TPSA) is 33.1 Å². The molecule has 1 atom stereocenters. The Morgan fingerprint density at radius 3 is 2.83 bits per heavy atom. The highest BCUT2D eigenvalue weighted by atomic mass is 19.1. The second kappa shape index (κ2) is 4.16. The highest BCUT2D eigenvalue weighted by Gasteiger charge is 1.98. The van der Waals surface area contributed by atoms with E-state index in [2.05, 4.69) is 4.98 Å². The lowest BCUT2D eigenvalue weighted by atomic mass is 10.1. The minimum Gasteiger partial charge on any atom is -0.393 e. The van der Waals surface area contributed by atoms with Gasteiger partial charge in [-0.05, 0) is 31.4 Å². The minimum atomic E-state index is -0.462. The largest absolute Gasteiger partial charge is 0.393 e. The van der Waals surface area contributed by atoms with Crippen molar-refractivity contribution in [3.63, 3.8) is 0 Å². The van der Waals surface area contributed by atoms with Gasteiger partial charge in [0.1, 0.15) is 0 Å². The van der Waals surface area contributed by atoms with Gasteiger partial charge in [-0.25, -0.2) is 4.98 Å². The minimum absolute atomic E-state index is 0.310. The van der Waals surface area contributed by atoms with Crippen molar-refractivity contribution < 1.29 is 9.50 Å². The molecular formula is C9H12FNO. The van der Waals surface area contributed by atoms with Crippen molar-refractivity contribution in [3.8, 4) is 0 Å². The lowest BCUT2D eigenvalue weighted by Crippen LogP contribution is -2.01. The fourth-order valence-corrected chi connectivity index (χ4v) is 0.930. The predicted octanol–water partition coefficient (Wildman–Crippen LogP) is 1.53. The molecule has 0 aliphatic heterocycles. The van der Waals surface area contributed by atoms with E-state index in [4.69, 9.17) is 5.11 Å². The summed E-state index contributed by atoms with van der Waals surface area (Å²) < 4.78 is 12.3. The van der Waals surface area contributed by atoms with Crippen LogP contribution in [0.4, 0.5) is 4.39 Å². The lowest BCUT2D eigenvalue weighted by molar-refractivity contribution is 0.185. The Bertz CT molecular complexity index is 233. The average molecular weight is 169 g/mol. The number of aliphatic hydroxyl groups is 1. The van der Waals surface area contributed by atoms with Crippen LogP contribution in [0.1, 0.15) is 18.9 Å². The number of aromatic nitrogens is 1. The summed E-state index contributed by atoms with van der Waals surface area (Å²) in [5.74, 6) is -0.462. The fourth-order valence-electron chi connectivity index (χ4n) is 0.930. The molecule has 0 radical (unpaired) electrons. The maximum Gasteiger partial charge on any atom is 0.212 e. The molecule has 1 N–H and O–H groups in total. The summed E-state index contributed by atoms with van der Waals surface area (Å²) in [5, 5.41) is 8.97. The van der Waals surface area contributed by atoms with Crippen molar-refractivity contribution in [3.05, 3.63) is 29.8 Å². The Morgan fingerprint density at radius 1 is 1.58 bits per heavy atom. The molecule has 1 aromatic rings. The van der Waals surface area contributed by atoms with E-state index in [9.17, 15) is 4.39 Å². The third-order valence-electron chi connectivity index (χ3n) is 1.64. The first kappa shape index (κ1) is 9.13. The SMILES string of the molecule is C[C@H](O)CCc1ccc(F)nc1. The Kier molecular flexibility index (Phi) is 3.17. The van der Waals surface area contributed by atoms with Gasteiger partial charge in [-0.2, -0.15) is 4.39 Å². The Labute approximate surface area is 71.1 Å². The molecule has 0 saturated heterocycles. The van der Waals surface area contributed by atoms with E-state index in [0.717, 1.165) is 12.0 Å². The van der Waals surface area contributed by atoms with Gasteiger partial charge in [-0.15, -0.1) is 0 Å². The van der Waals surface area contributed by atoms with Crippen LogP contribution in [0.15, 0.2) is 18.3 Å². The number of nitrogens with zero attached hydrogens (tertiary/aromatic N) is 1. The van der Waals surface area contributed by atoms with Gasteiger partial charge in [0.2, 0.25) is 5.95 Å².